The monoisotopic (exact) mass is 313 g/mol. The van der Waals surface area contributed by atoms with Crippen molar-refractivity contribution in [3.63, 3.8) is 0 Å². The highest BCUT2D eigenvalue weighted by atomic mass is 15.1. The number of rotatable bonds is 3. The minimum Gasteiger partial charge on any atom is -0.378 e. The Hall–Kier alpha value is -3.07. The van der Waals surface area contributed by atoms with Crippen molar-refractivity contribution in [2.75, 3.05) is 19.0 Å². The summed E-state index contributed by atoms with van der Waals surface area (Å²) in [4.78, 5) is 10.2. The standard InChI is InChI=1S/C21H19N3/c1-24(2)18-7-5-6-17(14-18)15-10-12-16(13-11-15)21-22-19-8-3-4-9-20(19)23-21/h3-14H,1-2H3,(H,22,23). The largest absolute Gasteiger partial charge is 0.378 e. The van der Waals surface area contributed by atoms with Crippen molar-refractivity contribution < 1.29 is 0 Å². The fourth-order valence-electron chi connectivity index (χ4n) is 2.87. The second-order valence-corrected chi connectivity index (χ2v) is 6.12. The number of nitrogens with zero attached hydrogens (tertiary/aromatic N) is 2. The average Bonchev–Trinajstić information content (AvgIpc) is 3.06. The summed E-state index contributed by atoms with van der Waals surface area (Å²) >= 11 is 0. The molecule has 3 nitrogen and oxygen atoms in total. The minimum atomic E-state index is 0.907. The molecule has 0 aliphatic heterocycles. The molecule has 0 unspecified atom stereocenters. The van der Waals surface area contributed by atoms with E-state index < -0.39 is 0 Å². The number of hydrogen-bond donors (Lipinski definition) is 1. The quantitative estimate of drug-likeness (QED) is 0.579. The predicted molar refractivity (Wildman–Crippen MR) is 101 cm³/mol. The van der Waals surface area contributed by atoms with Crippen LogP contribution in [0.1, 0.15) is 0 Å². The predicted octanol–water partition coefficient (Wildman–Crippen LogP) is 4.96. The first-order chi connectivity index (χ1) is 11.7. The van der Waals surface area contributed by atoms with Crippen molar-refractivity contribution in [2.45, 2.75) is 0 Å². The van der Waals surface area contributed by atoms with Crippen LogP contribution in [0, 0.1) is 0 Å². The van der Waals surface area contributed by atoms with Gasteiger partial charge in [0.2, 0.25) is 0 Å². The van der Waals surface area contributed by atoms with Gasteiger partial charge in [0.1, 0.15) is 5.82 Å². The van der Waals surface area contributed by atoms with E-state index in [1.165, 1.54) is 16.8 Å². The van der Waals surface area contributed by atoms with Crippen LogP contribution in [0.4, 0.5) is 5.69 Å². The van der Waals surface area contributed by atoms with Crippen LogP contribution in [0.25, 0.3) is 33.5 Å². The Morgan fingerprint density at radius 1 is 0.750 bits per heavy atom. The molecular formula is C21H19N3. The number of anilines is 1. The van der Waals surface area contributed by atoms with E-state index in [0.29, 0.717) is 0 Å². The van der Waals surface area contributed by atoms with Crippen LogP contribution in [0.5, 0.6) is 0 Å². The SMILES string of the molecule is CN(C)c1cccc(-c2ccc(-c3nc4ccccc4[nH]3)cc2)c1. The van der Waals surface area contributed by atoms with Crippen LogP contribution in [-0.4, -0.2) is 24.1 Å². The van der Waals surface area contributed by atoms with Crippen LogP contribution in [0.3, 0.4) is 0 Å². The van der Waals surface area contributed by atoms with E-state index >= 15 is 0 Å². The molecule has 1 aromatic heterocycles. The summed E-state index contributed by atoms with van der Waals surface area (Å²) in [7, 11) is 4.12. The Balaban J connectivity index is 1.68. The molecule has 0 bridgehead atoms. The molecule has 0 spiro atoms. The van der Waals surface area contributed by atoms with Crippen LogP contribution in [-0.2, 0) is 0 Å². The third-order valence-corrected chi connectivity index (χ3v) is 4.24. The Labute approximate surface area is 141 Å². The number of fused-ring (bicyclic) bond motifs is 1. The first kappa shape index (κ1) is 14.5. The molecule has 24 heavy (non-hydrogen) atoms. The van der Waals surface area contributed by atoms with Crippen molar-refractivity contribution in [2.24, 2.45) is 0 Å². The van der Waals surface area contributed by atoms with Gasteiger partial charge in [-0.15, -0.1) is 0 Å². The highest BCUT2D eigenvalue weighted by Crippen LogP contribution is 2.27. The summed E-state index contributed by atoms with van der Waals surface area (Å²) in [5.41, 5.74) is 6.79. The van der Waals surface area contributed by atoms with Crippen molar-refractivity contribution in [1.82, 2.24) is 9.97 Å². The van der Waals surface area contributed by atoms with E-state index in [-0.39, 0.29) is 0 Å². The molecule has 1 N–H and O–H groups in total. The Kier molecular flexibility index (Phi) is 3.54. The van der Waals surface area contributed by atoms with Crippen LogP contribution in [0.15, 0.2) is 72.8 Å². The average molecular weight is 313 g/mol. The zero-order chi connectivity index (χ0) is 16.5. The maximum atomic E-state index is 4.66. The molecule has 0 aliphatic carbocycles. The van der Waals surface area contributed by atoms with E-state index in [1.54, 1.807) is 0 Å². The molecule has 4 rings (SSSR count). The van der Waals surface area contributed by atoms with E-state index in [9.17, 15) is 0 Å². The second-order valence-electron chi connectivity index (χ2n) is 6.12. The molecule has 118 valence electrons. The third-order valence-electron chi connectivity index (χ3n) is 4.24. The first-order valence-corrected chi connectivity index (χ1v) is 8.04. The normalized spacial score (nSPS) is 10.9. The minimum absolute atomic E-state index is 0.907. The van der Waals surface area contributed by atoms with E-state index in [1.807, 2.05) is 24.3 Å². The molecule has 0 saturated carbocycles. The zero-order valence-corrected chi connectivity index (χ0v) is 13.8. The smallest absolute Gasteiger partial charge is 0.138 e. The molecule has 0 saturated heterocycles. The number of para-hydroxylation sites is 2. The number of H-pyrrole nitrogens is 1. The van der Waals surface area contributed by atoms with Crippen molar-refractivity contribution >= 4 is 16.7 Å². The van der Waals surface area contributed by atoms with Gasteiger partial charge in [-0.2, -0.15) is 0 Å². The zero-order valence-electron chi connectivity index (χ0n) is 13.8. The lowest BCUT2D eigenvalue weighted by Gasteiger charge is -2.13. The molecule has 0 fully saturated rings. The molecule has 3 aromatic carbocycles. The number of aromatic nitrogens is 2. The Bertz CT molecular complexity index is 948. The summed E-state index contributed by atoms with van der Waals surface area (Å²) in [5, 5.41) is 0. The van der Waals surface area contributed by atoms with Crippen LogP contribution < -0.4 is 4.90 Å². The Morgan fingerprint density at radius 3 is 2.25 bits per heavy atom. The molecule has 3 heteroatoms. The van der Waals surface area contributed by atoms with E-state index in [2.05, 4.69) is 77.5 Å². The van der Waals surface area contributed by atoms with Crippen molar-refractivity contribution in [3.05, 3.63) is 72.8 Å². The van der Waals surface area contributed by atoms with Crippen molar-refractivity contribution in [3.8, 4) is 22.5 Å². The molecule has 0 radical (unpaired) electrons. The van der Waals surface area contributed by atoms with Crippen molar-refractivity contribution in [1.29, 1.82) is 0 Å². The van der Waals surface area contributed by atoms with Gasteiger partial charge in [0.25, 0.3) is 0 Å². The van der Waals surface area contributed by atoms with Gasteiger partial charge in [-0.1, -0.05) is 48.5 Å². The molecule has 0 aliphatic rings. The fraction of sp³-hybridized carbons (Fsp3) is 0.0952. The van der Waals surface area contributed by atoms with Gasteiger partial charge >= 0.3 is 0 Å². The molecule has 1 heterocycles. The topological polar surface area (TPSA) is 31.9 Å². The maximum Gasteiger partial charge on any atom is 0.138 e. The fourth-order valence-corrected chi connectivity index (χ4v) is 2.87. The summed E-state index contributed by atoms with van der Waals surface area (Å²) in [6, 6.07) is 25.2. The van der Waals surface area contributed by atoms with E-state index in [4.69, 9.17) is 0 Å². The molecular weight excluding hydrogens is 294 g/mol. The lowest BCUT2D eigenvalue weighted by Crippen LogP contribution is -2.08. The number of imidazole rings is 1. The third kappa shape index (κ3) is 2.65. The number of nitrogens with one attached hydrogen (secondary N) is 1. The number of hydrogen-bond acceptors (Lipinski definition) is 2. The molecule has 0 amide bonds. The van der Waals surface area contributed by atoms with E-state index in [0.717, 1.165) is 22.4 Å². The second kappa shape index (κ2) is 5.85. The Morgan fingerprint density at radius 2 is 1.50 bits per heavy atom. The summed E-state index contributed by atoms with van der Waals surface area (Å²) in [6.07, 6.45) is 0. The molecule has 0 atom stereocenters. The number of aromatic amines is 1. The van der Waals surface area contributed by atoms with Gasteiger partial charge in [0.05, 0.1) is 11.0 Å². The van der Waals surface area contributed by atoms with Gasteiger partial charge in [-0.25, -0.2) is 4.98 Å². The van der Waals surface area contributed by atoms with Crippen LogP contribution >= 0.6 is 0 Å². The summed E-state index contributed by atoms with van der Waals surface area (Å²) in [6.45, 7) is 0. The van der Waals surface area contributed by atoms with Gasteiger partial charge in [0.15, 0.2) is 0 Å². The van der Waals surface area contributed by atoms with Gasteiger partial charge in [-0.05, 0) is 35.4 Å². The first-order valence-electron chi connectivity index (χ1n) is 8.04. The van der Waals surface area contributed by atoms with Gasteiger partial charge in [0, 0.05) is 25.3 Å². The maximum absolute atomic E-state index is 4.66. The summed E-state index contributed by atoms with van der Waals surface area (Å²) in [5.74, 6) is 0.907. The lowest BCUT2D eigenvalue weighted by molar-refractivity contribution is 1.13. The van der Waals surface area contributed by atoms with Gasteiger partial charge in [-0.3, -0.25) is 0 Å². The number of benzene rings is 3. The van der Waals surface area contributed by atoms with Crippen LogP contribution in [0.2, 0.25) is 0 Å². The van der Waals surface area contributed by atoms with Gasteiger partial charge < -0.3 is 9.88 Å². The molecule has 4 aromatic rings. The lowest BCUT2D eigenvalue weighted by atomic mass is 10.0. The highest BCUT2D eigenvalue weighted by Gasteiger charge is 2.06. The highest BCUT2D eigenvalue weighted by molar-refractivity contribution is 5.80. The summed E-state index contributed by atoms with van der Waals surface area (Å²) < 4.78 is 0.